The molecule has 2 fully saturated rings. The van der Waals surface area contributed by atoms with Crippen molar-refractivity contribution in [2.24, 2.45) is 5.92 Å². The second-order valence-corrected chi connectivity index (χ2v) is 9.65. The van der Waals surface area contributed by atoms with Gasteiger partial charge in [-0.2, -0.15) is 0 Å². The molecule has 27 heavy (non-hydrogen) atoms. The van der Waals surface area contributed by atoms with Crippen molar-refractivity contribution >= 4 is 27.3 Å². The molecule has 2 atom stereocenters. The Kier molecular flexibility index (Phi) is 6.16. The fourth-order valence-corrected chi connectivity index (χ4v) is 4.50. The van der Waals surface area contributed by atoms with Gasteiger partial charge in [0.1, 0.15) is 5.25 Å². The van der Waals surface area contributed by atoms with E-state index in [0.717, 1.165) is 24.8 Å². The zero-order valence-electron chi connectivity index (χ0n) is 15.4. The van der Waals surface area contributed by atoms with Gasteiger partial charge in [0.2, 0.25) is 11.8 Å². The van der Waals surface area contributed by atoms with Gasteiger partial charge >= 0.3 is 0 Å². The number of amides is 2. The molecule has 1 aliphatic heterocycles. The van der Waals surface area contributed by atoms with E-state index in [2.05, 4.69) is 10.6 Å². The Morgan fingerprint density at radius 1 is 1.26 bits per heavy atom. The summed E-state index contributed by atoms with van der Waals surface area (Å²) in [6, 6.07) is 7.19. The van der Waals surface area contributed by atoms with Gasteiger partial charge in [0, 0.05) is 24.8 Å². The highest BCUT2D eigenvalue weighted by molar-refractivity contribution is 7.92. The van der Waals surface area contributed by atoms with Crippen LogP contribution < -0.4 is 10.6 Å². The highest BCUT2D eigenvalue weighted by Crippen LogP contribution is 2.30. The van der Waals surface area contributed by atoms with Crippen molar-refractivity contribution in [2.45, 2.75) is 50.5 Å². The fourth-order valence-electron chi connectivity index (χ4n) is 3.02. The van der Waals surface area contributed by atoms with Crippen LogP contribution in [0.25, 0.3) is 0 Å². The van der Waals surface area contributed by atoms with Gasteiger partial charge in [-0.05, 0) is 50.3 Å². The molecular weight excluding hydrogens is 368 g/mol. The average Bonchev–Trinajstić information content (AvgIpc) is 3.38. The SMILES string of the molecule is C[C@@H](C(=O)NCc1cccc(NC(=O)C2CC2)c1)S(=O)(=O)C[C@@H]1CCCO1. The van der Waals surface area contributed by atoms with Crippen LogP contribution in [-0.4, -0.2) is 43.9 Å². The first-order chi connectivity index (χ1) is 12.8. The Hall–Kier alpha value is -1.93. The van der Waals surface area contributed by atoms with E-state index < -0.39 is 21.0 Å². The summed E-state index contributed by atoms with van der Waals surface area (Å²) in [5, 5.41) is 4.41. The minimum Gasteiger partial charge on any atom is -0.377 e. The number of anilines is 1. The lowest BCUT2D eigenvalue weighted by atomic mass is 10.2. The zero-order chi connectivity index (χ0) is 19.4. The highest BCUT2D eigenvalue weighted by Gasteiger charge is 2.32. The first kappa shape index (κ1) is 19.8. The summed E-state index contributed by atoms with van der Waals surface area (Å²) in [5.74, 6) is -0.515. The molecule has 3 rings (SSSR count). The lowest BCUT2D eigenvalue weighted by Gasteiger charge is -2.16. The minimum absolute atomic E-state index is 0.0185. The highest BCUT2D eigenvalue weighted by atomic mass is 32.2. The number of rotatable bonds is 8. The first-order valence-electron chi connectivity index (χ1n) is 9.36. The summed E-state index contributed by atoms with van der Waals surface area (Å²) in [6.45, 7) is 2.19. The summed E-state index contributed by atoms with van der Waals surface area (Å²) < 4.78 is 30.2. The third kappa shape index (κ3) is 5.52. The minimum atomic E-state index is -3.57. The van der Waals surface area contributed by atoms with Gasteiger partial charge in [-0.1, -0.05) is 12.1 Å². The molecule has 1 saturated heterocycles. The average molecular weight is 394 g/mol. The number of ether oxygens (including phenoxy) is 1. The fraction of sp³-hybridized carbons (Fsp3) is 0.579. The van der Waals surface area contributed by atoms with Crippen LogP contribution in [0.3, 0.4) is 0 Å². The van der Waals surface area contributed by atoms with Crippen molar-refractivity contribution < 1.29 is 22.7 Å². The number of carbonyl (C=O) groups is 2. The Bertz CT molecular complexity index is 798. The molecule has 0 spiro atoms. The first-order valence-corrected chi connectivity index (χ1v) is 11.1. The quantitative estimate of drug-likeness (QED) is 0.698. The molecule has 7 nitrogen and oxygen atoms in total. The van der Waals surface area contributed by atoms with Crippen molar-refractivity contribution in [1.29, 1.82) is 0 Å². The van der Waals surface area contributed by atoms with E-state index >= 15 is 0 Å². The van der Waals surface area contributed by atoms with Crippen molar-refractivity contribution in [3.63, 3.8) is 0 Å². The second-order valence-electron chi connectivity index (χ2n) is 7.29. The maximum absolute atomic E-state index is 12.4. The predicted octanol–water partition coefficient (Wildman–Crippen LogP) is 1.63. The normalized spacial score (nSPS) is 20.9. The molecule has 1 aliphatic carbocycles. The number of benzene rings is 1. The molecule has 148 valence electrons. The van der Waals surface area contributed by atoms with Crippen molar-refractivity contribution in [3.05, 3.63) is 29.8 Å². The van der Waals surface area contributed by atoms with E-state index in [4.69, 9.17) is 4.74 Å². The molecule has 1 saturated carbocycles. The Balaban J connectivity index is 1.52. The van der Waals surface area contributed by atoms with Gasteiger partial charge in [-0.15, -0.1) is 0 Å². The summed E-state index contributed by atoms with van der Waals surface area (Å²) in [4.78, 5) is 24.1. The van der Waals surface area contributed by atoms with Gasteiger partial charge in [-0.25, -0.2) is 8.42 Å². The zero-order valence-corrected chi connectivity index (χ0v) is 16.3. The summed E-state index contributed by atoms with van der Waals surface area (Å²) >= 11 is 0. The molecule has 0 bridgehead atoms. The van der Waals surface area contributed by atoms with E-state index in [1.165, 1.54) is 6.92 Å². The summed E-state index contributed by atoms with van der Waals surface area (Å²) in [6.07, 6.45) is 3.12. The number of carbonyl (C=O) groups excluding carboxylic acids is 2. The van der Waals surface area contributed by atoms with Crippen molar-refractivity contribution in [3.8, 4) is 0 Å². The van der Waals surface area contributed by atoms with Crippen LogP contribution in [0, 0.1) is 5.92 Å². The number of hydrogen-bond donors (Lipinski definition) is 2. The number of sulfone groups is 1. The van der Waals surface area contributed by atoms with Gasteiger partial charge in [0.05, 0.1) is 11.9 Å². The van der Waals surface area contributed by atoms with Gasteiger partial charge in [0.15, 0.2) is 9.84 Å². The maximum Gasteiger partial charge on any atom is 0.238 e. The maximum atomic E-state index is 12.4. The van der Waals surface area contributed by atoms with E-state index in [0.29, 0.717) is 18.7 Å². The molecule has 0 radical (unpaired) electrons. The standard InChI is InChI=1S/C19H26N2O5S/c1-13(27(24,25)12-17-6-3-9-26-17)18(22)20-11-14-4-2-5-16(10-14)21-19(23)15-7-8-15/h2,4-5,10,13,15,17H,3,6-9,11-12H2,1H3,(H,20,22)(H,21,23)/t13-,17-/m0/s1. The topological polar surface area (TPSA) is 102 Å². The monoisotopic (exact) mass is 394 g/mol. The molecule has 1 aromatic rings. The predicted molar refractivity (Wildman–Crippen MR) is 102 cm³/mol. The van der Waals surface area contributed by atoms with Gasteiger partial charge in [0.25, 0.3) is 0 Å². The van der Waals surface area contributed by atoms with Gasteiger partial charge < -0.3 is 15.4 Å². The van der Waals surface area contributed by atoms with Crippen LogP contribution in [-0.2, 0) is 30.7 Å². The van der Waals surface area contributed by atoms with E-state index in [1.54, 1.807) is 18.2 Å². The molecule has 2 amide bonds. The Morgan fingerprint density at radius 3 is 2.70 bits per heavy atom. The Morgan fingerprint density at radius 2 is 2.04 bits per heavy atom. The van der Waals surface area contributed by atoms with Crippen molar-refractivity contribution in [2.75, 3.05) is 17.7 Å². The lowest BCUT2D eigenvalue weighted by molar-refractivity contribution is -0.120. The van der Waals surface area contributed by atoms with E-state index in [9.17, 15) is 18.0 Å². The molecule has 1 aromatic carbocycles. The van der Waals surface area contributed by atoms with Crippen LogP contribution in [0.2, 0.25) is 0 Å². The lowest BCUT2D eigenvalue weighted by Crippen LogP contribution is -2.40. The van der Waals surface area contributed by atoms with E-state index in [-0.39, 0.29) is 30.2 Å². The molecule has 0 aromatic heterocycles. The van der Waals surface area contributed by atoms with Crippen LogP contribution in [0.1, 0.15) is 38.2 Å². The molecule has 0 unspecified atom stereocenters. The molecular formula is C19H26N2O5S. The van der Waals surface area contributed by atoms with Crippen LogP contribution in [0.15, 0.2) is 24.3 Å². The third-order valence-electron chi connectivity index (χ3n) is 4.96. The van der Waals surface area contributed by atoms with Crippen LogP contribution in [0.5, 0.6) is 0 Å². The second kappa shape index (κ2) is 8.39. The van der Waals surface area contributed by atoms with Crippen molar-refractivity contribution in [1.82, 2.24) is 5.32 Å². The number of nitrogens with one attached hydrogen (secondary N) is 2. The van der Waals surface area contributed by atoms with Crippen LogP contribution >= 0.6 is 0 Å². The summed E-state index contributed by atoms with van der Waals surface area (Å²) in [5.41, 5.74) is 1.47. The van der Waals surface area contributed by atoms with Crippen LogP contribution in [0.4, 0.5) is 5.69 Å². The molecule has 1 heterocycles. The molecule has 8 heteroatoms. The largest absolute Gasteiger partial charge is 0.377 e. The Labute approximate surface area is 159 Å². The third-order valence-corrected chi connectivity index (χ3v) is 7.09. The smallest absolute Gasteiger partial charge is 0.238 e. The molecule has 2 aliphatic rings. The molecule has 2 N–H and O–H groups in total. The van der Waals surface area contributed by atoms with Gasteiger partial charge in [-0.3, -0.25) is 9.59 Å². The number of hydrogen-bond acceptors (Lipinski definition) is 5. The van der Waals surface area contributed by atoms with E-state index in [1.807, 2.05) is 6.07 Å². The summed E-state index contributed by atoms with van der Waals surface area (Å²) in [7, 11) is -3.57.